The van der Waals surface area contributed by atoms with E-state index in [9.17, 15) is 56.2 Å². The fourth-order valence-electron chi connectivity index (χ4n) is 4.03. The van der Waals surface area contributed by atoms with Crippen LogP contribution < -0.4 is 0 Å². The molecule has 3 heterocycles. The molecule has 15 atom stereocenters. The van der Waals surface area contributed by atoms with Crippen molar-refractivity contribution in [1.82, 2.24) is 0 Å². The summed E-state index contributed by atoms with van der Waals surface area (Å²) < 4.78 is 26.5. The van der Waals surface area contributed by atoms with E-state index in [0.29, 0.717) is 0 Å². The monoisotopic (exact) mass is 504 g/mol. The van der Waals surface area contributed by atoms with Crippen LogP contribution in [0.5, 0.6) is 0 Å². The second-order valence-corrected chi connectivity index (χ2v) is 8.33. The van der Waals surface area contributed by atoms with Crippen molar-refractivity contribution in [2.45, 2.75) is 92.1 Å². The third-order valence-corrected chi connectivity index (χ3v) is 6.10. The lowest BCUT2D eigenvalue weighted by atomic mass is 9.96. The molecule has 34 heavy (non-hydrogen) atoms. The van der Waals surface area contributed by atoms with E-state index in [0.717, 1.165) is 0 Å². The number of aliphatic hydroxyl groups excluding tert-OH is 11. The minimum atomic E-state index is -1.94. The summed E-state index contributed by atoms with van der Waals surface area (Å²) in [5.74, 6) is 0. The van der Waals surface area contributed by atoms with Crippen molar-refractivity contribution < 1.29 is 79.9 Å². The predicted octanol–water partition coefficient (Wildman–Crippen LogP) is -7.57. The summed E-state index contributed by atoms with van der Waals surface area (Å²) in [4.78, 5) is 0. The first kappa shape index (κ1) is 27.9. The van der Waals surface area contributed by atoms with Crippen molar-refractivity contribution in [2.24, 2.45) is 0 Å². The smallest absolute Gasteiger partial charge is 0.187 e. The number of hydrogen-bond acceptors (Lipinski definition) is 16. The quantitative estimate of drug-likeness (QED) is 0.154. The van der Waals surface area contributed by atoms with Gasteiger partial charge in [-0.15, -0.1) is 0 Å². The van der Waals surface area contributed by atoms with Crippen LogP contribution in [0, 0.1) is 0 Å². The van der Waals surface area contributed by atoms with E-state index in [1.807, 2.05) is 0 Å². The fourth-order valence-corrected chi connectivity index (χ4v) is 4.03. The van der Waals surface area contributed by atoms with Gasteiger partial charge in [0.25, 0.3) is 0 Å². The first-order valence-electron chi connectivity index (χ1n) is 10.6. The third kappa shape index (κ3) is 5.37. The highest BCUT2D eigenvalue weighted by molar-refractivity contribution is 4.96. The SMILES string of the molecule is OC[C@H]1O[C@H](O[C@H]2[C@H](O)[C@@H](CO)OC(O)[C@H]2O[C@H]2O[C@H](CO)[C@@H](O)[C@H](O)[C@@H]2O)[C@H](O)[C@@H](O)[C@H]1O. The molecule has 0 radical (unpaired) electrons. The van der Waals surface area contributed by atoms with Crippen LogP contribution in [-0.4, -0.2) is 168 Å². The molecule has 3 aliphatic rings. The Balaban J connectivity index is 1.83. The van der Waals surface area contributed by atoms with Gasteiger partial charge in [-0.1, -0.05) is 0 Å². The summed E-state index contributed by atoms with van der Waals surface area (Å²) >= 11 is 0. The largest absolute Gasteiger partial charge is 0.394 e. The Bertz CT molecular complexity index is 637. The lowest BCUT2D eigenvalue weighted by Crippen LogP contribution is -2.67. The van der Waals surface area contributed by atoms with Gasteiger partial charge in [0, 0.05) is 0 Å². The maximum atomic E-state index is 10.6. The Hall–Kier alpha value is -0.640. The Morgan fingerprint density at radius 2 is 0.824 bits per heavy atom. The van der Waals surface area contributed by atoms with Gasteiger partial charge in [0.15, 0.2) is 18.9 Å². The van der Waals surface area contributed by atoms with Gasteiger partial charge >= 0.3 is 0 Å². The van der Waals surface area contributed by atoms with Crippen molar-refractivity contribution >= 4 is 0 Å². The number of aliphatic hydroxyl groups is 11. The van der Waals surface area contributed by atoms with Crippen LogP contribution in [0.25, 0.3) is 0 Å². The molecule has 3 rings (SSSR count). The second kappa shape index (κ2) is 11.6. The maximum Gasteiger partial charge on any atom is 0.187 e. The molecule has 0 bridgehead atoms. The summed E-state index contributed by atoms with van der Waals surface area (Å²) in [7, 11) is 0. The molecule has 0 aliphatic carbocycles. The Kier molecular flexibility index (Phi) is 9.54. The fraction of sp³-hybridized carbons (Fsp3) is 1.00. The standard InChI is InChI=1S/C18H32O16/c19-1-4-7(22)10(25)12(27)17(31-4)33-14-9(24)6(3-21)30-16(29)15(14)34-18-13(28)11(26)8(23)5(2-20)32-18/h4-29H,1-3H2/t4-,5-,6-,7+,8-,9-,10+,11+,12-,13+,14+,15+,16?,17-,18-/m1/s1. The number of rotatable bonds is 7. The first-order valence-corrected chi connectivity index (χ1v) is 10.6. The van der Waals surface area contributed by atoms with Crippen LogP contribution in [-0.2, 0) is 23.7 Å². The van der Waals surface area contributed by atoms with Crippen LogP contribution in [0.1, 0.15) is 0 Å². The van der Waals surface area contributed by atoms with Crippen molar-refractivity contribution in [3.8, 4) is 0 Å². The highest BCUT2D eigenvalue weighted by Crippen LogP contribution is 2.32. The lowest BCUT2D eigenvalue weighted by Gasteiger charge is -2.48. The second-order valence-electron chi connectivity index (χ2n) is 8.33. The van der Waals surface area contributed by atoms with E-state index in [-0.39, 0.29) is 0 Å². The normalized spacial score (nSPS) is 52.5. The van der Waals surface area contributed by atoms with Gasteiger partial charge in [-0.05, 0) is 0 Å². The van der Waals surface area contributed by atoms with E-state index in [1.165, 1.54) is 0 Å². The van der Waals surface area contributed by atoms with E-state index < -0.39 is 112 Å². The number of hydrogen-bond donors (Lipinski definition) is 11. The molecule has 0 aromatic heterocycles. The van der Waals surface area contributed by atoms with Crippen molar-refractivity contribution in [2.75, 3.05) is 19.8 Å². The summed E-state index contributed by atoms with van der Waals surface area (Å²) in [6, 6.07) is 0. The van der Waals surface area contributed by atoms with Crippen LogP contribution in [0.3, 0.4) is 0 Å². The van der Waals surface area contributed by atoms with E-state index in [4.69, 9.17) is 23.7 Å². The van der Waals surface area contributed by atoms with Crippen molar-refractivity contribution in [3.05, 3.63) is 0 Å². The number of ether oxygens (including phenoxy) is 5. The zero-order chi connectivity index (χ0) is 25.3. The Morgan fingerprint density at radius 1 is 0.441 bits per heavy atom. The minimum Gasteiger partial charge on any atom is -0.394 e. The molecule has 0 aromatic carbocycles. The average molecular weight is 504 g/mol. The van der Waals surface area contributed by atoms with Gasteiger partial charge in [-0.2, -0.15) is 0 Å². The van der Waals surface area contributed by atoms with E-state index in [1.54, 1.807) is 0 Å². The lowest BCUT2D eigenvalue weighted by molar-refractivity contribution is -0.387. The molecule has 0 spiro atoms. The van der Waals surface area contributed by atoms with Crippen LogP contribution in [0.4, 0.5) is 0 Å². The van der Waals surface area contributed by atoms with Crippen molar-refractivity contribution in [3.63, 3.8) is 0 Å². The zero-order valence-corrected chi connectivity index (χ0v) is 17.7. The molecule has 1 unspecified atom stereocenters. The van der Waals surface area contributed by atoms with E-state index >= 15 is 0 Å². The highest BCUT2D eigenvalue weighted by Gasteiger charge is 2.53. The molecule has 16 heteroatoms. The summed E-state index contributed by atoms with van der Waals surface area (Å²) in [5.41, 5.74) is 0. The summed E-state index contributed by atoms with van der Waals surface area (Å²) in [6.07, 6.45) is -25.6. The van der Waals surface area contributed by atoms with Gasteiger partial charge in [0.05, 0.1) is 19.8 Å². The molecule has 11 N–H and O–H groups in total. The van der Waals surface area contributed by atoms with Crippen LogP contribution >= 0.6 is 0 Å². The molecule has 0 aromatic rings. The Labute approximate surface area is 192 Å². The molecule has 0 saturated carbocycles. The van der Waals surface area contributed by atoms with Crippen LogP contribution in [0.2, 0.25) is 0 Å². The molecule has 3 aliphatic heterocycles. The highest BCUT2D eigenvalue weighted by atomic mass is 16.8. The van der Waals surface area contributed by atoms with E-state index in [2.05, 4.69) is 0 Å². The first-order chi connectivity index (χ1) is 16.0. The molecule has 200 valence electrons. The third-order valence-electron chi connectivity index (χ3n) is 6.10. The summed E-state index contributed by atoms with van der Waals surface area (Å²) in [5, 5.41) is 109. The zero-order valence-electron chi connectivity index (χ0n) is 17.7. The Morgan fingerprint density at radius 3 is 1.24 bits per heavy atom. The van der Waals surface area contributed by atoms with Gasteiger partial charge in [0.2, 0.25) is 0 Å². The predicted molar refractivity (Wildman–Crippen MR) is 101 cm³/mol. The van der Waals surface area contributed by atoms with Crippen molar-refractivity contribution in [1.29, 1.82) is 0 Å². The van der Waals surface area contributed by atoms with Gasteiger partial charge in [0.1, 0.15) is 73.2 Å². The summed E-state index contributed by atoms with van der Waals surface area (Å²) in [6.45, 7) is -2.33. The van der Waals surface area contributed by atoms with Gasteiger partial charge < -0.3 is 79.9 Å². The minimum absolute atomic E-state index is 0.769. The van der Waals surface area contributed by atoms with Gasteiger partial charge in [-0.25, -0.2) is 0 Å². The molecular formula is C18H32O16. The maximum absolute atomic E-state index is 10.6. The van der Waals surface area contributed by atoms with Crippen LogP contribution in [0.15, 0.2) is 0 Å². The van der Waals surface area contributed by atoms with Gasteiger partial charge in [-0.3, -0.25) is 0 Å². The average Bonchev–Trinajstić information content (AvgIpc) is 2.83. The molecule has 3 fully saturated rings. The molecule has 0 amide bonds. The molecular weight excluding hydrogens is 472 g/mol. The topological polar surface area (TPSA) is 269 Å². The molecule has 16 nitrogen and oxygen atoms in total. The molecule has 3 saturated heterocycles.